The first-order chi connectivity index (χ1) is 13.6. The molecule has 2 heterocycles. The number of nitrogens with zero attached hydrogens (tertiary/aromatic N) is 2. The second-order valence-electron chi connectivity index (χ2n) is 6.42. The SMILES string of the molecule is COc1ccc(-c2csc3ncnc([C@@H](C)C(=O)c4ccccc4O)c23)cc1. The largest absolute Gasteiger partial charge is 0.507 e. The molecule has 1 atom stereocenters. The summed E-state index contributed by atoms with van der Waals surface area (Å²) in [5.74, 6) is 0.0589. The van der Waals surface area contributed by atoms with Crippen molar-refractivity contribution in [1.29, 1.82) is 0 Å². The van der Waals surface area contributed by atoms with E-state index in [1.165, 1.54) is 23.7 Å². The zero-order valence-electron chi connectivity index (χ0n) is 15.4. The topological polar surface area (TPSA) is 72.3 Å². The highest BCUT2D eigenvalue weighted by atomic mass is 32.1. The Morgan fingerprint density at radius 3 is 2.57 bits per heavy atom. The Morgan fingerprint density at radius 1 is 1.11 bits per heavy atom. The minimum atomic E-state index is -0.523. The Morgan fingerprint density at radius 2 is 1.86 bits per heavy atom. The fourth-order valence-corrected chi connectivity index (χ4v) is 4.17. The lowest BCUT2D eigenvalue weighted by atomic mass is 9.92. The summed E-state index contributed by atoms with van der Waals surface area (Å²) in [5.41, 5.74) is 2.94. The highest BCUT2D eigenvalue weighted by Gasteiger charge is 2.25. The molecule has 0 radical (unpaired) electrons. The maximum Gasteiger partial charge on any atom is 0.175 e. The number of thiophene rings is 1. The van der Waals surface area contributed by atoms with Crippen LogP contribution < -0.4 is 4.74 Å². The summed E-state index contributed by atoms with van der Waals surface area (Å²) in [7, 11) is 1.63. The normalized spacial score (nSPS) is 12.1. The van der Waals surface area contributed by atoms with Crippen LogP contribution in [0.5, 0.6) is 11.5 Å². The molecule has 0 bridgehead atoms. The molecule has 140 valence electrons. The summed E-state index contributed by atoms with van der Waals surface area (Å²) in [5, 5.41) is 13.0. The van der Waals surface area contributed by atoms with Gasteiger partial charge in [-0.25, -0.2) is 9.97 Å². The Balaban J connectivity index is 1.82. The molecule has 4 aromatic rings. The number of benzene rings is 2. The number of methoxy groups -OCH3 is 1. The van der Waals surface area contributed by atoms with E-state index >= 15 is 0 Å². The molecule has 0 saturated heterocycles. The van der Waals surface area contributed by atoms with Crippen LogP contribution in [-0.4, -0.2) is 28.0 Å². The summed E-state index contributed by atoms with van der Waals surface area (Å²) in [6.07, 6.45) is 1.49. The number of carbonyl (C=O) groups excluding carboxylic acids is 1. The van der Waals surface area contributed by atoms with Gasteiger partial charge < -0.3 is 9.84 Å². The lowest BCUT2D eigenvalue weighted by Gasteiger charge is -2.13. The highest BCUT2D eigenvalue weighted by molar-refractivity contribution is 7.17. The molecule has 0 unspecified atom stereocenters. The van der Waals surface area contributed by atoms with Crippen molar-refractivity contribution in [2.75, 3.05) is 7.11 Å². The standard InChI is InChI=1S/C22H18N2O3S/c1-13(21(26)16-5-3-4-6-18(16)25)20-19-17(11-28-22(19)24-12-23-20)14-7-9-15(27-2)10-8-14/h3-13,25H,1-2H3/t13-/m1/s1. The number of rotatable bonds is 5. The van der Waals surface area contributed by atoms with Crippen LogP contribution in [0.1, 0.15) is 28.9 Å². The lowest BCUT2D eigenvalue weighted by molar-refractivity contribution is 0.0962. The zero-order valence-corrected chi connectivity index (χ0v) is 16.2. The van der Waals surface area contributed by atoms with E-state index in [4.69, 9.17) is 4.74 Å². The molecule has 0 amide bonds. The average molecular weight is 390 g/mol. The van der Waals surface area contributed by atoms with Gasteiger partial charge in [-0.1, -0.05) is 24.3 Å². The van der Waals surface area contributed by atoms with Crippen LogP contribution in [0.4, 0.5) is 0 Å². The van der Waals surface area contributed by atoms with Crippen LogP contribution in [0, 0.1) is 0 Å². The summed E-state index contributed by atoms with van der Waals surface area (Å²) in [4.78, 5) is 22.7. The number of ether oxygens (including phenoxy) is 1. The molecule has 0 spiro atoms. The quantitative estimate of drug-likeness (QED) is 0.482. The molecule has 4 rings (SSSR count). The summed E-state index contributed by atoms with van der Waals surface area (Å²) in [6, 6.07) is 14.3. The van der Waals surface area contributed by atoms with Crippen molar-refractivity contribution in [1.82, 2.24) is 9.97 Å². The van der Waals surface area contributed by atoms with Crippen molar-refractivity contribution < 1.29 is 14.6 Å². The minimum Gasteiger partial charge on any atom is -0.507 e. The average Bonchev–Trinajstić information content (AvgIpc) is 3.17. The Kier molecular flexibility index (Phi) is 4.79. The number of ketones is 1. The Labute approximate surface area is 166 Å². The first-order valence-electron chi connectivity index (χ1n) is 8.79. The minimum absolute atomic E-state index is 0.0228. The number of Topliss-reactive ketones (excluding diaryl/α,β-unsaturated/α-hetero) is 1. The maximum absolute atomic E-state index is 13.0. The fraction of sp³-hybridized carbons (Fsp3) is 0.136. The number of carbonyl (C=O) groups is 1. The van der Waals surface area contributed by atoms with E-state index in [0.29, 0.717) is 11.3 Å². The van der Waals surface area contributed by atoms with Crippen molar-refractivity contribution >= 4 is 27.3 Å². The van der Waals surface area contributed by atoms with Gasteiger partial charge in [-0.05, 0) is 36.8 Å². The molecule has 0 aliphatic rings. The molecule has 0 aliphatic heterocycles. The van der Waals surface area contributed by atoms with Crippen molar-refractivity contribution in [2.24, 2.45) is 0 Å². The van der Waals surface area contributed by atoms with Gasteiger partial charge in [0.25, 0.3) is 0 Å². The fourth-order valence-electron chi connectivity index (χ4n) is 3.25. The number of aromatic hydroxyl groups is 1. The second-order valence-corrected chi connectivity index (χ2v) is 7.28. The Bertz CT molecular complexity index is 1150. The third-order valence-electron chi connectivity index (χ3n) is 4.77. The van der Waals surface area contributed by atoms with Crippen LogP contribution in [-0.2, 0) is 0 Å². The predicted molar refractivity (Wildman–Crippen MR) is 110 cm³/mol. The molecule has 2 aromatic carbocycles. The summed E-state index contributed by atoms with van der Waals surface area (Å²) < 4.78 is 5.24. The van der Waals surface area contributed by atoms with Gasteiger partial charge in [0, 0.05) is 16.3 Å². The third kappa shape index (κ3) is 3.12. The molecule has 0 aliphatic carbocycles. The van der Waals surface area contributed by atoms with Gasteiger partial charge in [0.2, 0.25) is 0 Å². The summed E-state index contributed by atoms with van der Waals surface area (Å²) >= 11 is 1.52. The van der Waals surface area contributed by atoms with Gasteiger partial charge in [-0.3, -0.25) is 4.79 Å². The van der Waals surface area contributed by atoms with Crippen molar-refractivity contribution in [2.45, 2.75) is 12.8 Å². The van der Waals surface area contributed by atoms with E-state index in [1.54, 1.807) is 25.3 Å². The Hall–Kier alpha value is -3.25. The van der Waals surface area contributed by atoms with Crippen LogP contribution >= 0.6 is 11.3 Å². The summed E-state index contributed by atoms with van der Waals surface area (Å²) in [6.45, 7) is 1.81. The molecule has 0 fully saturated rings. The molecular weight excluding hydrogens is 372 g/mol. The first kappa shape index (κ1) is 18.1. The smallest absolute Gasteiger partial charge is 0.175 e. The number of para-hydroxylation sites is 1. The number of aromatic nitrogens is 2. The van der Waals surface area contributed by atoms with E-state index < -0.39 is 5.92 Å². The second kappa shape index (κ2) is 7.40. The van der Waals surface area contributed by atoms with Gasteiger partial charge >= 0.3 is 0 Å². The van der Waals surface area contributed by atoms with Crippen molar-refractivity contribution in [3.05, 3.63) is 71.5 Å². The van der Waals surface area contributed by atoms with Crippen molar-refractivity contribution in [3.8, 4) is 22.6 Å². The molecule has 5 nitrogen and oxygen atoms in total. The van der Waals surface area contributed by atoms with Crippen LogP contribution in [0.15, 0.2) is 60.2 Å². The molecule has 1 N–H and O–H groups in total. The molecule has 6 heteroatoms. The third-order valence-corrected chi connectivity index (χ3v) is 5.66. The predicted octanol–water partition coefficient (Wildman–Crippen LogP) is 5.06. The van der Waals surface area contributed by atoms with Gasteiger partial charge in [0.15, 0.2) is 5.78 Å². The van der Waals surface area contributed by atoms with E-state index in [9.17, 15) is 9.90 Å². The molecule has 28 heavy (non-hydrogen) atoms. The van der Waals surface area contributed by atoms with E-state index in [-0.39, 0.29) is 11.5 Å². The van der Waals surface area contributed by atoms with Gasteiger partial charge in [-0.2, -0.15) is 0 Å². The van der Waals surface area contributed by atoms with E-state index in [2.05, 4.69) is 9.97 Å². The van der Waals surface area contributed by atoms with Crippen molar-refractivity contribution in [3.63, 3.8) is 0 Å². The maximum atomic E-state index is 13.0. The first-order valence-corrected chi connectivity index (χ1v) is 9.67. The van der Waals surface area contributed by atoms with E-state index in [0.717, 1.165) is 27.1 Å². The van der Waals surface area contributed by atoms with Gasteiger partial charge in [0.1, 0.15) is 22.7 Å². The van der Waals surface area contributed by atoms with Crippen LogP contribution in [0.25, 0.3) is 21.3 Å². The molecular formula is C22H18N2O3S. The monoisotopic (exact) mass is 390 g/mol. The lowest BCUT2D eigenvalue weighted by Crippen LogP contribution is -2.12. The number of hydrogen-bond donors (Lipinski definition) is 1. The number of phenolic OH excluding ortho intramolecular Hbond substituents is 1. The molecule has 0 saturated carbocycles. The van der Waals surface area contributed by atoms with E-state index in [1.807, 2.05) is 36.6 Å². The number of hydrogen-bond acceptors (Lipinski definition) is 6. The zero-order chi connectivity index (χ0) is 19.7. The van der Waals surface area contributed by atoms with Gasteiger partial charge in [0.05, 0.1) is 24.3 Å². The van der Waals surface area contributed by atoms with Crippen LogP contribution in [0.2, 0.25) is 0 Å². The van der Waals surface area contributed by atoms with Gasteiger partial charge in [-0.15, -0.1) is 11.3 Å². The highest BCUT2D eigenvalue weighted by Crippen LogP contribution is 2.38. The number of phenols is 1. The van der Waals surface area contributed by atoms with Crippen LogP contribution in [0.3, 0.4) is 0 Å². The number of fused-ring (bicyclic) bond motifs is 1. The molecule has 2 aromatic heterocycles.